The number of ether oxygens (including phenoxy) is 1. The van der Waals surface area contributed by atoms with Gasteiger partial charge in [-0.2, -0.15) is 5.26 Å². The molecule has 1 atom stereocenters. The summed E-state index contributed by atoms with van der Waals surface area (Å²) in [5.41, 5.74) is 2.93. The van der Waals surface area contributed by atoms with Gasteiger partial charge >= 0.3 is 6.09 Å². The third-order valence-electron chi connectivity index (χ3n) is 5.30. The highest BCUT2D eigenvalue weighted by Gasteiger charge is 2.50. The number of hydrogen-bond donors (Lipinski definition) is 1. The number of hydrogen-bond acceptors (Lipinski definition) is 6. The highest BCUT2D eigenvalue weighted by Crippen LogP contribution is 2.39. The van der Waals surface area contributed by atoms with Gasteiger partial charge in [-0.05, 0) is 46.6 Å². The first-order chi connectivity index (χ1) is 13.7. The first-order valence-electron chi connectivity index (χ1n) is 9.95. The lowest BCUT2D eigenvalue weighted by atomic mass is 9.83. The molecule has 2 saturated heterocycles. The average molecular weight is 400 g/mol. The summed E-state index contributed by atoms with van der Waals surface area (Å²) < 4.78 is 5.48. The minimum atomic E-state index is -0.556. The molecule has 2 amide bonds. The molecule has 0 aromatic carbocycles. The monoisotopic (exact) mass is 400 g/mol. The van der Waals surface area contributed by atoms with Crippen molar-refractivity contribution in [1.29, 1.82) is 5.26 Å². The molecule has 0 spiro atoms. The zero-order valence-corrected chi connectivity index (χ0v) is 17.4. The molecule has 2 fully saturated rings. The van der Waals surface area contributed by atoms with Crippen LogP contribution in [0.5, 0.6) is 0 Å². The molecule has 0 saturated carbocycles. The van der Waals surface area contributed by atoms with E-state index >= 15 is 0 Å². The fraction of sp³-hybridized carbons (Fsp3) is 0.650. The van der Waals surface area contributed by atoms with Gasteiger partial charge in [-0.3, -0.25) is 20.2 Å². The maximum atomic E-state index is 12.4. The number of likely N-dealkylation sites (tertiary alicyclic amines) is 1. The van der Waals surface area contributed by atoms with Gasteiger partial charge < -0.3 is 9.64 Å². The number of hydrazine groups is 1. The molecule has 0 bridgehead atoms. The van der Waals surface area contributed by atoms with Crippen LogP contribution in [0.15, 0.2) is 21.8 Å². The van der Waals surface area contributed by atoms with Crippen LogP contribution < -0.4 is 5.43 Å². The summed E-state index contributed by atoms with van der Waals surface area (Å²) in [6.45, 7) is 8.89. The van der Waals surface area contributed by atoms with E-state index in [0.29, 0.717) is 38.3 Å². The topological polar surface area (TPSA) is 110 Å². The molecular formula is C20H28N6O3. The van der Waals surface area contributed by atoms with E-state index in [1.54, 1.807) is 11.0 Å². The summed E-state index contributed by atoms with van der Waals surface area (Å²) in [7, 11) is 0. The van der Waals surface area contributed by atoms with Crippen LogP contribution in [0.4, 0.5) is 4.79 Å². The van der Waals surface area contributed by atoms with E-state index in [4.69, 9.17) is 4.74 Å². The van der Waals surface area contributed by atoms with Crippen LogP contribution >= 0.6 is 0 Å². The first-order valence-corrected chi connectivity index (χ1v) is 9.95. The summed E-state index contributed by atoms with van der Waals surface area (Å²) >= 11 is 0. The number of nitrogens with zero attached hydrogens (tertiary/aromatic N) is 5. The first kappa shape index (κ1) is 20.8. The second kappa shape index (κ2) is 7.85. The van der Waals surface area contributed by atoms with E-state index in [-0.39, 0.29) is 18.4 Å². The Morgan fingerprint density at radius 1 is 1.45 bits per heavy atom. The number of piperidine rings is 1. The van der Waals surface area contributed by atoms with Crippen LogP contribution in [0.2, 0.25) is 0 Å². The van der Waals surface area contributed by atoms with Gasteiger partial charge in [0.15, 0.2) is 0 Å². The van der Waals surface area contributed by atoms with Crippen molar-refractivity contribution >= 4 is 24.1 Å². The SMILES string of the molecule is CCN=C1NN(C2(CC#N)CCN(C(=O)OC(C)(C)C)CC2)C2=CC=NC(=O)C21. The number of carbonyl (C=O) groups excluding carboxylic acids is 2. The van der Waals surface area contributed by atoms with Crippen molar-refractivity contribution < 1.29 is 14.3 Å². The Balaban J connectivity index is 1.84. The van der Waals surface area contributed by atoms with Crippen LogP contribution in [0.1, 0.15) is 47.0 Å². The molecular weight excluding hydrogens is 372 g/mol. The molecule has 0 aromatic rings. The van der Waals surface area contributed by atoms with Crippen molar-refractivity contribution in [3.63, 3.8) is 0 Å². The largest absolute Gasteiger partial charge is 0.444 e. The van der Waals surface area contributed by atoms with Crippen molar-refractivity contribution in [2.45, 2.75) is 58.1 Å². The Kier molecular flexibility index (Phi) is 5.64. The molecule has 29 heavy (non-hydrogen) atoms. The van der Waals surface area contributed by atoms with Gasteiger partial charge in [0.25, 0.3) is 5.91 Å². The summed E-state index contributed by atoms with van der Waals surface area (Å²) in [5, 5.41) is 11.5. The Bertz CT molecular complexity index is 809. The molecule has 1 unspecified atom stereocenters. The van der Waals surface area contributed by atoms with Gasteiger partial charge in [0.1, 0.15) is 17.4 Å². The maximum Gasteiger partial charge on any atom is 0.410 e. The molecule has 0 aromatic heterocycles. The second-order valence-corrected chi connectivity index (χ2v) is 8.47. The Morgan fingerprint density at radius 2 is 2.14 bits per heavy atom. The lowest BCUT2D eigenvalue weighted by Gasteiger charge is -2.47. The van der Waals surface area contributed by atoms with Gasteiger partial charge in [-0.1, -0.05) is 0 Å². The van der Waals surface area contributed by atoms with Crippen molar-refractivity contribution in [1.82, 2.24) is 15.3 Å². The molecule has 9 heteroatoms. The molecule has 0 aliphatic carbocycles. The van der Waals surface area contributed by atoms with Crippen molar-refractivity contribution in [3.05, 3.63) is 11.8 Å². The lowest BCUT2D eigenvalue weighted by Crippen LogP contribution is -2.58. The number of amidine groups is 1. The number of allylic oxidation sites excluding steroid dienone is 1. The van der Waals surface area contributed by atoms with Crippen LogP contribution in [0.3, 0.4) is 0 Å². The van der Waals surface area contributed by atoms with Gasteiger partial charge in [0.2, 0.25) is 0 Å². The molecule has 3 aliphatic heterocycles. The van der Waals surface area contributed by atoms with E-state index < -0.39 is 17.1 Å². The molecule has 3 aliphatic rings. The number of aliphatic imine (C=N–C) groups is 2. The highest BCUT2D eigenvalue weighted by atomic mass is 16.6. The fourth-order valence-electron chi connectivity index (χ4n) is 3.94. The smallest absolute Gasteiger partial charge is 0.410 e. The van der Waals surface area contributed by atoms with E-state index in [9.17, 15) is 14.9 Å². The second-order valence-electron chi connectivity index (χ2n) is 8.47. The van der Waals surface area contributed by atoms with E-state index in [1.807, 2.05) is 32.7 Å². The molecule has 156 valence electrons. The average Bonchev–Trinajstić information content (AvgIpc) is 3.02. The van der Waals surface area contributed by atoms with Crippen LogP contribution in [-0.2, 0) is 9.53 Å². The van der Waals surface area contributed by atoms with Gasteiger partial charge in [-0.15, -0.1) is 0 Å². The number of rotatable bonds is 3. The Morgan fingerprint density at radius 3 is 2.72 bits per heavy atom. The molecule has 0 radical (unpaired) electrons. The van der Waals surface area contributed by atoms with Gasteiger partial charge in [0.05, 0.1) is 23.7 Å². The number of carbonyl (C=O) groups is 2. The minimum Gasteiger partial charge on any atom is -0.444 e. The number of nitrogens with one attached hydrogen (secondary N) is 1. The standard InChI is InChI=1S/C20H28N6O3/c1-5-22-16-15-14(6-11-23-17(15)27)26(24-16)20(7-10-21)8-12-25(13-9-20)18(28)29-19(2,3)4/h6,11,15H,5,7-9,12-13H2,1-4H3,(H,22,24). The number of amides is 2. The summed E-state index contributed by atoms with van der Waals surface area (Å²) in [5.74, 6) is -0.255. The number of fused-ring (bicyclic) bond motifs is 1. The third kappa shape index (κ3) is 4.11. The Hall–Kier alpha value is -2.89. The minimum absolute atomic E-state index is 0.261. The van der Waals surface area contributed by atoms with Gasteiger partial charge in [-0.25, -0.2) is 9.79 Å². The van der Waals surface area contributed by atoms with Crippen molar-refractivity contribution in [2.75, 3.05) is 19.6 Å². The summed E-state index contributed by atoms with van der Waals surface area (Å²) in [6, 6.07) is 2.29. The zero-order chi connectivity index (χ0) is 21.2. The van der Waals surface area contributed by atoms with Crippen LogP contribution in [-0.4, -0.2) is 64.7 Å². The zero-order valence-electron chi connectivity index (χ0n) is 17.4. The predicted molar refractivity (Wildman–Crippen MR) is 108 cm³/mol. The van der Waals surface area contributed by atoms with E-state index in [0.717, 1.165) is 5.70 Å². The van der Waals surface area contributed by atoms with Gasteiger partial charge in [0, 0.05) is 25.8 Å². The van der Waals surface area contributed by atoms with E-state index in [2.05, 4.69) is 21.5 Å². The highest BCUT2D eigenvalue weighted by molar-refractivity contribution is 6.12. The summed E-state index contributed by atoms with van der Waals surface area (Å²) in [6.07, 6.45) is 4.35. The summed E-state index contributed by atoms with van der Waals surface area (Å²) in [4.78, 5) is 34.9. The fourth-order valence-corrected chi connectivity index (χ4v) is 3.94. The molecule has 9 nitrogen and oxygen atoms in total. The van der Waals surface area contributed by atoms with Crippen molar-refractivity contribution in [3.8, 4) is 6.07 Å². The number of nitriles is 1. The third-order valence-corrected chi connectivity index (χ3v) is 5.30. The lowest BCUT2D eigenvalue weighted by molar-refractivity contribution is -0.119. The molecule has 1 N–H and O–H groups in total. The van der Waals surface area contributed by atoms with Crippen LogP contribution in [0, 0.1) is 17.2 Å². The number of dihydropyridines is 1. The molecule has 3 rings (SSSR count). The van der Waals surface area contributed by atoms with E-state index in [1.165, 1.54) is 6.21 Å². The normalized spacial score (nSPS) is 24.7. The van der Waals surface area contributed by atoms with Crippen molar-refractivity contribution in [2.24, 2.45) is 15.9 Å². The maximum absolute atomic E-state index is 12.4. The Labute approximate surface area is 171 Å². The van der Waals surface area contributed by atoms with Crippen LogP contribution in [0.25, 0.3) is 0 Å². The molecule has 3 heterocycles. The predicted octanol–water partition coefficient (Wildman–Crippen LogP) is 2.02. The quantitative estimate of drug-likeness (QED) is 0.776.